The molecule has 0 spiro atoms. The van der Waals surface area contributed by atoms with Gasteiger partial charge in [-0.25, -0.2) is 5.11 Å². The summed E-state index contributed by atoms with van der Waals surface area (Å²) in [5.41, 5.74) is 0.310. The number of hydrogen-bond acceptors (Lipinski definition) is 4. The van der Waals surface area contributed by atoms with Crippen molar-refractivity contribution in [2.75, 3.05) is 6.61 Å². The summed E-state index contributed by atoms with van der Waals surface area (Å²) in [6.45, 7) is 0.208. The van der Waals surface area contributed by atoms with Gasteiger partial charge in [-0.3, -0.25) is 14.4 Å². The Hall–Kier alpha value is -2.61. The number of carbonyl (C=O) groups excluding carboxylic acids is 2. The SMILES string of the molecule is C[C@H](NC(=O)[C@H](NC(=O)C[O])c1ccc(O)cc1)C(=O)O. The smallest absolute Gasteiger partial charge is 0.325 e. The Morgan fingerprint density at radius 2 is 1.71 bits per heavy atom. The van der Waals surface area contributed by atoms with Gasteiger partial charge in [0.15, 0.2) is 6.61 Å². The Morgan fingerprint density at radius 1 is 1.14 bits per heavy atom. The van der Waals surface area contributed by atoms with Crippen LogP contribution in [0.5, 0.6) is 5.75 Å². The molecule has 8 heteroatoms. The molecule has 0 unspecified atom stereocenters. The van der Waals surface area contributed by atoms with Gasteiger partial charge in [-0.15, -0.1) is 0 Å². The van der Waals surface area contributed by atoms with Crippen LogP contribution in [0.1, 0.15) is 18.5 Å². The van der Waals surface area contributed by atoms with E-state index in [9.17, 15) is 24.6 Å². The van der Waals surface area contributed by atoms with Gasteiger partial charge in [-0.05, 0) is 24.6 Å². The van der Waals surface area contributed by atoms with Gasteiger partial charge in [0, 0.05) is 0 Å². The van der Waals surface area contributed by atoms with Crippen LogP contribution in [0.25, 0.3) is 0 Å². The summed E-state index contributed by atoms with van der Waals surface area (Å²) in [7, 11) is 0. The first-order valence-electron chi connectivity index (χ1n) is 6.04. The van der Waals surface area contributed by atoms with Gasteiger partial charge >= 0.3 is 5.97 Å². The Morgan fingerprint density at radius 3 is 2.19 bits per heavy atom. The number of carboxylic acid groups (broad SMARTS) is 1. The molecule has 0 aromatic heterocycles. The summed E-state index contributed by atoms with van der Waals surface area (Å²) in [5.74, 6) is -2.93. The standard InChI is InChI=1S/C13H15N2O6/c1-7(13(20)21)14-12(19)11(15-10(18)6-16)8-2-4-9(17)5-3-8/h2-5,7,11,17H,6H2,1H3,(H,14,19)(H,15,18)(H,20,21)/t7-,11+/m0/s1. The molecular weight excluding hydrogens is 280 g/mol. The van der Waals surface area contributed by atoms with Crippen LogP contribution >= 0.6 is 0 Å². The number of benzene rings is 1. The third kappa shape index (κ3) is 4.77. The number of aromatic hydroxyl groups is 1. The van der Waals surface area contributed by atoms with E-state index in [0.717, 1.165) is 0 Å². The highest BCUT2D eigenvalue weighted by molar-refractivity contribution is 5.91. The van der Waals surface area contributed by atoms with E-state index in [0.29, 0.717) is 5.56 Å². The molecule has 0 saturated heterocycles. The number of hydrogen-bond donors (Lipinski definition) is 4. The molecular formula is C13H15N2O6. The number of rotatable bonds is 6. The van der Waals surface area contributed by atoms with Crippen LogP contribution in [0.3, 0.4) is 0 Å². The van der Waals surface area contributed by atoms with Crippen LogP contribution in [0, 0.1) is 0 Å². The maximum absolute atomic E-state index is 12.0. The number of amides is 2. The minimum absolute atomic E-state index is 0.0352. The van der Waals surface area contributed by atoms with E-state index in [4.69, 9.17) is 5.11 Å². The van der Waals surface area contributed by atoms with Crippen LogP contribution in [0.15, 0.2) is 24.3 Å². The van der Waals surface area contributed by atoms with Crippen molar-refractivity contribution in [2.45, 2.75) is 19.0 Å². The van der Waals surface area contributed by atoms with Crippen LogP contribution in [-0.2, 0) is 19.5 Å². The highest BCUT2D eigenvalue weighted by Gasteiger charge is 2.25. The highest BCUT2D eigenvalue weighted by Crippen LogP contribution is 2.17. The molecule has 1 aromatic rings. The maximum atomic E-state index is 12.0. The second-order valence-electron chi connectivity index (χ2n) is 4.30. The third-order valence-corrected chi connectivity index (χ3v) is 2.65. The molecule has 0 aliphatic rings. The molecule has 4 N–H and O–H groups in total. The summed E-state index contributed by atoms with van der Waals surface area (Å²) >= 11 is 0. The van der Waals surface area contributed by atoms with E-state index in [1.807, 2.05) is 0 Å². The molecule has 21 heavy (non-hydrogen) atoms. The van der Waals surface area contributed by atoms with Crippen molar-refractivity contribution in [3.8, 4) is 5.75 Å². The summed E-state index contributed by atoms with van der Waals surface area (Å²) in [6, 6.07) is 3.01. The molecule has 0 fully saturated rings. The molecule has 1 radical (unpaired) electrons. The van der Waals surface area contributed by atoms with Gasteiger partial charge in [0.2, 0.25) is 11.8 Å². The number of phenols is 1. The number of nitrogens with one attached hydrogen (secondary N) is 2. The van der Waals surface area contributed by atoms with Crippen molar-refractivity contribution >= 4 is 17.8 Å². The molecule has 113 valence electrons. The lowest BCUT2D eigenvalue weighted by atomic mass is 10.1. The lowest BCUT2D eigenvalue weighted by molar-refractivity contribution is -0.141. The Bertz CT molecular complexity index is 528. The fraction of sp³-hybridized carbons (Fsp3) is 0.308. The molecule has 1 rings (SSSR count). The molecule has 0 aliphatic heterocycles. The summed E-state index contributed by atoms with van der Waals surface area (Å²) < 4.78 is 0. The first-order valence-corrected chi connectivity index (χ1v) is 6.04. The largest absolute Gasteiger partial charge is 0.508 e. The van der Waals surface area contributed by atoms with E-state index in [-0.39, 0.29) is 5.75 Å². The molecule has 0 bridgehead atoms. The molecule has 8 nitrogen and oxygen atoms in total. The lowest BCUT2D eigenvalue weighted by Crippen LogP contribution is -2.46. The Labute approximate surface area is 120 Å². The van der Waals surface area contributed by atoms with E-state index in [2.05, 4.69) is 10.6 Å². The number of aliphatic carboxylic acids is 1. The van der Waals surface area contributed by atoms with E-state index in [1.54, 1.807) is 0 Å². The van der Waals surface area contributed by atoms with Crippen molar-refractivity contribution in [2.24, 2.45) is 0 Å². The van der Waals surface area contributed by atoms with Crippen molar-refractivity contribution < 1.29 is 29.7 Å². The topological polar surface area (TPSA) is 136 Å². The fourth-order valence-electron chi connectivity index (χ4n) is 1.53. The summed E-state index contributed by atoms with van der Waals surface area (Å²) in [5, 5.41) is 32.9. The third-order valence-electron chi connectivity index (χ3n) is 2.65. The molecule has 2 atom stereocenters. The normalized spacial score (nSPS) is 13.0. The highest BCUT2D eigenvalue weighted by atomic mass is 16.4. The monoisotopic (exact) mass is 295 g/mol. The lowest BCUT2D eigenvalue weighted by Gasteiger charge is -2.19. The van der Waals surface area contributed by atoms with Gasteiger partial charge in [0.25, 0.3) is 0 Å². The Balaban J connectivity index is 2.96. The van der Waals surface area contributed by atoms with E-state index in [1.165, 1.54) is 31.2 Å². The van der Waals surface area contributed by atoms with Crippen molar-refractivity contribution in [3.05, 3.63) is 29.8 Å². The molecule has 0 aliphatic carbocycles. The number of phenolic OH excluding ortho intramolecular Hbond substituents is 1. The van der Waals surface area contributed by atoms with Crippen molar-refractivity contribution in [1.82, 2.24) is 10.6 Å². The number of carbonyl (C=O) groups is 3. The van der Waals surface area contributed by atoms with Gasteiger partial charge in [0.05, 0.1) is 0 Å². The fourth-order valence-corrected chi connectivity index (χ4v) is 1.53. The minimum Gasteiger partial charge on any atom is -0.508 e. The molecule has 0 heterocycles. The first kappa shape index (κ1) is 16.4. The van der Waals surface area contributed by atoms with Gasteiger partial charge in [0.1, 0.15) is 17.8 Å². The predicted molar refractivity (Wildman–Crippen MR) is 69.8 cm³/mol. The van der Waals surface area contributed by atoms with E-state index >= 15 is 0 Å². The zero-order valence-electron chi connectivity index (χ0n) is 11.2. The maximum Gasteiger partial charge on any atom is 0.325 e. The molecule has 0 saturated carbocycles. The quantitative estimate of drug-likeness (QED) is 0.564. The zero-order valence-corrected chi connectivity index (χ0v) is 11.2. The second-order valence-corrected chi connectivity index (χ2v) is 4.30. The van der Waals surface area contributed by atoms with Crippen molar-refractivity contribution in [1.29, 1.82) is 0 Å². The molecule has 1 aromatic carbocycles. The predicted octanol–water partition coefficient (Wildman–Crippen LogP) is -0.431. The Kier molecular flexibility index (Phi) is 5.67. The second kappa shape index (κ2) is 7.25. The van der Waals surface area contributed by atoms with E-state index < -0.39 is 36.5 Å². The number of carboxylic acids is 1. The average molecular weight is 295 g/mol. The van der Waals surface area contributed by atoms with Crippen LogP contribution < -0.4 is 10.6 Å². The van der Waals surface area contributed by atoms with Gasteiger partial charge in [-0.1, -0.05) is 12.1 Å². The minimum atomic E-state index is -1.23. The van der Waals surface area contributed by atoms with Crippen LogP contribution in [0.2, 0.25) is 0 Å². The van der Waals surface area contributed by atoms with Crippen LogP contribution in [-0.4, -0.2) is 40.6 Å². The average Bonchev–Trinajstić information content (AvgIpc) is 2.45. The zero-order chi connectivity index (χ0) is 16.0. The van der Waals surface area contributed by atoms with Crippen LogP contribution in [0.4, 0.5) is 0 Å². The summed E-state index contributed by atoms with van der Waals surface area (Å²) in [4.78, 5) is 34.0. The molecule has 2 amide bonds. The van der Waals surface area contributed by atoms with Gasteiger partial charge < -0.3 is 20.8 Å². The first-order chi connectivity index (χ1) is 9.85. The van der Waals surface area contributed by atoms with Crippen molar-refractivity contribution in [3.63, 3.8) is 0 Å². The summed E-state index contributed by atoms with van der Waals surface area (Å²) in [6.07, 6.45) is 0. The van der Waals surface area contributed by atoms with Gasteiger partial charge in [-0.2, -0.15) is 0 Å².